The minimum atomic E-state index is -3.53. The van der Waals surface area contributed by atoms with Gasteiger partial charge in [0, 0.05) is 13.1 Å². The van der Waals surface area contributed by atoms with E-state index < -0.39 is 10.0 Å². The molecule has 0 spiro atoms. The number of anilines is 1. The van der Waals surface area contributed by atoms with E-state index in [0.29, 0.717) is 29.8 Å². The molecule has 6 nitrogen and oxygen atoms in total. The number of aromatic nitrogens is 2. The van der Waals surface area contributed by atoms with Gasteiger partial charge >= 0.3 is 0 Å². The molecule has 1 aromatic carbocycles. The Morgan fingerprint density at radius 2 is 1.83 bits per heavy atom. The van der Waals surface area contributed by atoms with Crippen LogP contribution in [0.1, 0.15) is 13.8 Å². The van der Waals surface area contributed by atoms with Gasteiger partial charge < -0.3 is 5.73 Å². The number of nitrogen functional groups attached to an aromatic ring is 1. The van der Waals surface area contributed by atoms with Gasteiger partial charge in [0.05, 0.1) is 17.4 Å². The minimum Gasteiger partial charge on any atom is -0.397 e. The zero-order valence-electron chi connectivity index (χ0n) is 10.1. The number of nitrogens with two attached hydrogens (primary N) is 1. The van der Waals surface area contributed by atoms with Crippen molar-refractivity contribution in [2.75, 3.05) is 18.8 Å². The Balaban J connectivity index is 2.68. The fraction of sp³-hybridized carbons (Fsp3) is 0.400. The summed E-state index contributed by atoms with van der Waals surface area (Å²) < 4.78 is 34.3. The van der Waals surface area contributed by atoms with Crippen LogP contribution in [0.15, 0.2) is 17.0 Å². The van der Waals surface area contributed by atoms with Gasteiger partial charge in [0.25, 0.3) is 0 Å². The molecule has 98 valence electrons. The summed E-state index contributed by atoms with van der Waals surface area (Å²) in [6.45, 7) is 4.44. The van der Waals surface area contributed by atoms with E-state index in [1.54, 1.807) is 19.9 Å². The van der Waals surface area contributed by atoms with E-state index in [1.807, 2.05) is 0 Å². The summed E-state index contributed by atoms with van der Waals surface area (Å²) in [5.74, 6) is 0. The average Bonchev–Trinajstić information content (AvgIpc) is 2.80. The van der Waals surface area contributed by atoms with Crippen LogP contribution in [-0.4, -0.2) is 34.6 Å². The summed E-state index contributed by atoms with van der Waals surface area (Å²) in [6.07, 6.45) is 0. The number of benzene rings is 1. The highest BCUT2D eigenvalue weighted by atomic mass is 32.2. The lowest BCUT2D eigenvalue weighted by Crippen LogP contribution is -2.30. The Morgan fingerprint density at radius 3 is 2.44 bits per heavy atom. The van der Waals surface area contributed by atoms with Gasteiger partial charge in [0.2, 0.25) is 10.0 Å². The van der Waals surface area contributed by atoms with Crippen molar-refractivity contribution >= 4 is 38.5 Å². The Hall–Kier alpha value is -1.25. The molecule has 8 heteroatoms. The second kappa shape index (κ2) is 4.79. The normalized spacial score (nSPS) is 12.4. The highest BCUT2D eigenvalue weighted by Crippen LogP contribution is 2.28. The van der Waals surface area contributed by atoms with E-state index in [0.717, 1.165) is 11.7 Å². The van der Waals surface area contributed by atoms with Crippen LogP contribution >= 0.6 is 11.7 Å². The Labute approximate surface area is 110 Å². The van der Waals surface area contributed by atoms with Crippen LogP contribution < -0.4 is 5.73 Å². The molecule has 0 radical (unpaired) electrons. The number of nitrogens with zero attached hydrogens (tertiary/aromatic N) is 3. The number of fused-ring (bicyclic) bond motifs is 1. The van der Waals surface area contributed by atoms with Crippen molar-refractivity contribution in [1.82, 2.24) is 13.1 Å². The summed E-state index contributed by atoms with van der Waals surface area (Å²) in [5.41, 5.74) is 7.00. The lowest BCUT2D eigenvalue weighted by Gasteiger charge is -2.18. The molecule has 18 heavy (non-hydrogen) atoms. The van der Waals surface area contributed by atoms with Crippen LogP contribution in [-0.2, 0) is 10.0 Å². The van der Waals surface area contributed by atoms with E-state index >= 15 is 0 Å². The monoisotopic (exact) mass is 286 g/mol. The van der Waals surface area contributed by atoms with Gasteiger partial charge in [-0.25, -0.2) is 8.42 Å². The maximum absolute atomic E-state index is 12.4. The van der Waals surface area contributed by atoms with Crippen LogP contribution in [0, 0.1) is 0 Å². The molecule has 0 saturated heterocycles. The van der Waals surface area contributed by atoms with Crippen molar-refractivity contribution in [3.8, 4) is 0 Å². The van der Waals surface area contributed by atoms with E-state index in [2.05, 4.69) is 8.75 Å². The Bertz CT molecular complexity index is 662. The molecule has 1 heterocycles. The fourth-order valence-corrected chi connectivity index (χ4v) is 4.00. The SMILES string of the molecule is CCN(CC)S(=O)(=O)c1ccc(N)c2nsnc12. The van der Waals surface area contributed by atoms with Gasteiger partial charge in [0.15, 0.2) is 0 Å². The third-order valence-corrected chi connectivity index (χ3v) is 5.34. The highest BCUT2D eigenvalue weighted by Gasteiger charge is 2.25. The summed E-state index contributed by atoms with van der Waals surface area (Å²) >= 11 is 0.961. The molecule has 0 unspecified atom stereocenters. The first kappa shape index (κ1) is 13.2. The van der Waals surface area contributed by atoms with Gasteiger partial charge in [-0.15, -0.1) is 0 Å². The first-order valence-corrected chi connectivity index (χ1v) is 7.70. The maximum Gasteiger partial charge on any atom is 0.245 e. The molecule has 0 amide bonds. The van der Waals surface area contributed by atoms with Crippen LogP contribution in [0.5, 0.6) is 0 Å². The zero-order chi connectivity index (χ0) is 13.3. The lowest BCUT2D eigenvalue weighted by atomic mass is 10.3. The second-order valence-electron chi connectivity index (χ2n) is 3.70. The molecule has 0 atom stereocenters. The molecule has 0 aliphatic carbocycles. The maximum atomic E-state index is 12.4. The summed E-state index contributed by atoms with van der Waals surface area (Å²) in [5, 5.41) is 0. The molecule has 0 fully saturated rings. The smallest absolute Gasteiger partial charge is 0.245 e. The van der Waals surface area contributed by atoms with Crippen molar-refractivity contribution in [3.05, 3.63) is 12.1 Å². The summed E-state index contributed by atoms with van der Waals surface area (Å²) in [6, 6.07) is 3.05. The largest absolute Gasteiger partial charge is 0.397 e. The van der Waals surface area contributed by atoms with Crippen molar-refractivity contribution in [2.24, 2.45) is 0 Å². The summed E-state index contributed by atoms with van der Waals surface area (Å²) in [4.78, 5) is 0.171. The molecular formula is C10H14N4O2S2. The molecule has 1 aromatic heterocycles. The molecule has 2 rings (SSSR count). The lowest BCUT2D eigenvalue weighted by molar-refractivity contribution is 0.446. The third-order valence-electron chi connectivity index (χ3n) is 2.73. The van der Waals surface area contributed by atoms with Crippen LogP contribution in [0.4, 0.5) is 5.69 Å². The minimum absolute atomic E-state index is 0.171. The van der Waals surface area contributed by atoms with Gasteiger partial charge in [-0.05, 0) is 12.1 Å². The number of hydrogen-bond donors (Lipinski definition) is 1. The first-order valence-electron chi connectivity index (χ1n) is 5.53. The van der Waals surface area contributed by atoms with E-state index in [4.69, 9.17) is 5.73 Å². The molecule has 2 N–H and O–H groups in total. The van der Waals surface area contributed by atoms with Gasteiger partial charge in [0.1, 0.15) is 15.9 Å². The van der Waals surface area contributed by atoms with E-state index in [-0.39, 0.29) is 4.90 Å². The zero-order valence-corrected chi connectivity index (χ0v) is 11.8. The van der Waals surface area contributed by atoms with Gasteiger partial charge in [-0.3, -0.25) is 0 Å². The average molecular weight is 286 g/mol. The van der Waals surface area contributed by atoms with Gasteiger partial charge in [-0.1, -0.05) is 13.8 Å². The standard InChI is InChI=1S/C10H14N4O2S2/c1-3-14(4-2)18(15,16)8-6-5-7(11)9-10(8)13-17-12-9/h5-6H,3-4,11H2,1-2H3. The van der Waals surface area contributed by atoms with E-state index in [1.165, 1.54) is 10.4 Å². The topological polar surface area (TPSA) is 89.2 Å². The van der Waals surface area contributed by atoms with Crippen LogP contribution in [0.2, 0.25) is 0 Å². The van der Waals surface area contributed by atoms with Crippen molar-refractivity contribution in [2.45, 2.75) is 18.7 Å². The summed E-state index contributed by atoms with van der Waals surface area (Å²) in [7, 11) is -3.53. The predicted molar refractivity (Wildman–Crippen MR) is 71.9 cm³/mol. The quantitative estimate of drug-likeness (QED) is 0.856. The molecule has 0 aliphatic rings. The third kappa shape index (κ3) is 1.96. The Kier molecular flexibility index (Phi) is 3.51. The molecular weight excluding hydrogens is 272 g/mol. The Morgan fingerprint density at radius 1 is 1.22 bits per heavy atom. The first-order chi connectivity index (χ1) is 8.52. The van der Waals surface area contributed by atoms with Crippen LogP contribution in [0.3, 0.4) is 0 Å². The van der Waals surface area contributed by atoms with Crippen molar-refractivity contribution in [3.63, 3.8) is 0 Å². The van der Waals surface area contributed by atoms with Gasteiger partial charge in [-0.2, -0.15) is 13.1 Å². The van der Waals surface area contributed by atoms with Crippen molar-refractivity contribution < 1.29 is 8.42 Å². The van der Waals surface area contributed by atoms with Crippen molar-refractivity contribution in [1.29, 1.82) is 0 Å². The molecule has 0 saturated carbocycles. The fourth-order valence-electron chi connectivity index (χ4n) is 1.77. The molecule has 0 bridgehead atoms. The molecule has 0 aliphatic heterocycles. The molecule has 2 aromatic rings. The number of sulfonamides is 1. The van der Waals surface area contributed by atoms with Crippen LogP contribution in [0.25, 0.3) is 11.0 Å². The number of rotatable bonds is 4. The van der Waals surface area contributed by atoms with E-state index in [9.17, 15) is 8.42 Å². The second-order valence-corrected chi connectivity index (χ2v) is 6.14. The predicted octanol–water partition coefficient (Wildman–Crippen LogP) is 1.30. The number of hydrogen-bond acceptors (Lipinski definition) is 6. The highest BCUT2D eigenvalue weighted by molar-refractivity contribution is 7.89.